The Labute approximate surface area is 622 Å². The van der Waals surface area contributed by atoms with E-state index in [1.165, 1.54) is 49.0 Å². The molecule has 84 heavy (non-hydrogen) atoms. The molecule has 6 rings (SSSR count). The average molecular weight is 1350 g/mol. The molecule has 3 unspecified atom stereocenters. The van der Waals surface area contributed by atoms with Gasteiger partial charge in [0.1, 0.15) is 30.4 Å². The second kappa shape index (κ2) is 39.1. The maximum atomic E-state index is 11.2. The minimum atomic E-state index is -5.02. The van der Waals surface area contributed by atoms with Crippen molar-refractivity contribution in [3.8, 4) is 0 Å². The molecule has 0 saturated carbocycles. The molecular weight excluding hydrogens is 1280 g/mol. The zero-order chi connectivity index (χ0) is 60.2. The number of benzene rings is 6. The summed E-state index contributed by atoms with van der Waals surface area (Å²) in [5, 5.41) is 7.17. The molecule has 0 fully saturated rings. The molecule has 0 radical (unpaired) electrons. The van der Waals surface area contributed by atoms with Crippen LogP contribution in [-0.2, 0) is 63.3 Å². The predicted molar refractivity (Wildman–Crippen MR) is 316 cm³/mol. The molecule has 6 aromatic rings. The van der Waals surface area contributed by atoms with Gasteiger partial charge in [-0.3, -0.25) is 13.7 Å². The number of aryl methyl sites for hydroxylation is 3. The van der Waals surface area contributed by atoms with Gasteiger partial charge in [-0.2, -0.15) is 0 Å². The van der Waals surface area contributed by atoms with E-state index in [1.54, 1.807) is 0 Å². The van der Waals surface area contributed by atoms with E-state index in [2.05, 4.69) is 91.0 Å². The van der Waals surface area contributed by atoms with Gasteiger partial charge in [-0.1, -0.05) is 162 Å². The van der Waals surface area contributed by atoms with Crippen molar-refractivity contribution in [1.82, 2.24) is 0 Å². The van der Waals surface area contributed by atoms with E-state index in [0.717, 1.165) is 55.2 Å². The van der Waals surface area contributed by atoms with E-state index < -0.39 is 68.1 Å². The van der Waals surface area contributed by atoms with Crippen LogP contribution >= 0.6 is 22.8 Å². The molecule has 3 atom stereocenters. The number of unbranched alkanes of at least 4 members (excludes halogenated alkanes) is 3. The number of fused-ring (bicyclic) bond motifs is 3. The molecule has 0 aliphatic rings. The number of hydrogen-bond donors (Lipinski definition) is 6. The summed E-state index contributed by atoms with van der Waals surface area (Å²) >= 11 is 0. The maximum Gasteiger partial charge on any atom is 1.00 e. The van der Waals surface area contributed by atoms with Gasteiger partial charge in [0.15, 0.2) is 15.0 Å². The number of allylic oxidation sites excluding steroid dienone is 6. The largest absolute Gasteiger partial charge is 1.00 e. The van der Waals surface area contributed by atoms with Crippen molar-refractivity contribution in [2.24, 2.45) is 0 Å². The van der Waals surface area contributed by atoms with Gasteiger partial charge in [-0.25, -0.2) is 25.3 Å². The van der Waals surface area contributed by atoms with Crippen LogP contribution in [-0.4, -0.2) is 83.2 Å². The van der Waals surface area contributed by atoms with Crippen LogP contribution < -0.4 is 154 Å². The average Bonchev–Trinajstić information content (AvgIpc) is 3.59. The second-order valence-corrected chi connectivity index (χ2v) is 31.2. The van der Waals surface area contributed by atoms with E-state index in [4.69, 9.17) is 29.4 Å². The summed E-state index contributed by atoms with van der Waals surface area (Å²) in [5.41, 5.74) is 7.00. The molecule has 0 aliphatic carbocycles. The van der Waals surface area contributed by atoms with Gasteiger partial charge in [0, 0.05) is 0 Å². The van der Waals surface area contributed by atoms with Crippen LogP contribution in [0.15, 0.2) is 162 Å². The van der Waals surface area contributed by atoms with Crippen molar-refractivity contribution in [3.63, 3.8) is 0 Å². The number of rotatable bonds is 27. The minimum Gasteiger partial charge on any atom is -0.747 e. The Morgan fingerprint density at radius 2 is 0.607 bits per heavy atom. The molecule has 0 aliphatic heterocycles. The monoisotopic (exact) mass is 1350 g/mol. The zero-order valence-corrected chi connectivity index (χ0v) is 62.8. The molecule has 27 heteroatoms. The third kappa shape index (κ3) is 31.2. The van der Waals surface area contributed by atoms with Crippen LogP contribution in [0, 0.1) is 0 Å². The Bertz CT molecular complexity index is 3280. The molecule has 0 saturated heterocycles. The predicted octanol–water partition coefficient (Wildman–Crippen LogP) is 2.83. The quantitative estimate of drug-likeness (QED) is 0.0142. The molecule has 0 heterocycles. The van der Waals surface area contributed by atoms with Crippen LogP contribution in [0.3, 0.4) is 0 Å². The van der Waals surface area contributed by atoms with Gasteiger partial charge in [0.25, 0.3) is 0 Å². The Kier molecular flexibility index (Phi) is 38.3. The van der Waals surface area contributed by atoms with Crippen molar-refractivity contribution >= 4 is 85.5 Å². The third-order valence-electron chi connectivity index (χ3n) is 13.4. The Balaban J connectivity index is 0.000000619. The van der Waals surface area contributed by atoms with Crippen molar-refractivity contribution in [1.29, 1.82) is 0 Å². The van der Waals surface area contributed by atoms with Crippen LogP contribution in [0.5, 0.6) is 0 Å². The van der Waals surface area contributed by atoms with Gasteiger partial charge < -0.3 is 43.0 Å². The molecule has 6 N–H and O–H groups in total. The molecule has 0 aromatic heterocycles. The fraction of sp³-hybridized carbons (Fsp3) is 0.368. The first-order valence-electron chi connectivity index (χ1n) is 26.1. The van der Waals surface area contributed by atoms with Gasteiger partial charge in [-0.05, 0) is 166 Å². The topological polar surface area (TPSA) is 344 Å². The van der Waals surface area contributed by atoms with E-state index >= 15 is 0 Å². The standard InChI is InChI=1S/3C19H25O6PS.3K/c3*1-15(6-2-5-9-19(26(20,21)22)27(23,24)25)10-11-16-12-13-17-7-3-4-8-18(17)14-16;;;/h3*3-4,6-8,12-14,19H,2,5,9-11H2,1H3,(H2,20,21,22)(H,23,24,25);;;/q;;;3*+1/p-3/b3*15-6+;;;. The summed E-state index contributed by atoms with van der Waals surface area (Å²) in [6.07, 6.45) is 11.9. The summed E-state index contributed by atoms with van der Waals surface area (Å²) in [6, 6.07) is 43.5. The van der Waals surface area contributed by atoms with Crippen molar-refractivity contribution in [3.05, 3.63) is 179 Å². The third-order valence-corrected chi connectivity index (χ3v) is 24.0. The van der Waals surface area contributed by atoms with Crippen LogP contribution in [0.2, 0.25) is 0 Å². The molecule has 6 aromatic carbocycles. The van der Waals surface area contributed by atoms with Crippen molar-refractivity contribution in [2.75, 3.05) is 0 Å². The van der Waals surface area contributed by atoms with Crippen LogP contribution in [0.1, 0.15) is 115 Å². The van der Waals surface area contributed by atoms with Gasteiger partial charge in [0.05, 0.1) is 0 Å². The summed E-state index contributed by atoms with van der Waals surface area (Å²) in [7, 11) is -29.9. The summed E-state index contributed by atoms with van der Waals surface area (Å²) < 4.78 is 132. The fourth-order valence-corrected chi connectivity index (χ4v) is 15.8. The summed E-state index contributed by atoms with van der Waals surface area (Å²) in [4.78, 5) is 47.7. The zero-order valence-electron chi connectivity index (χ0n) is 48.3. The normalized spacial score (nSPS) is 13.9. The number of hydrogen-bond acceptors (Lipinski definition) is 12. The second-order valence-electron chi connectivity index (χ2n) is 20.1. The SMILES string of the molecule is C/C(=C\CCCC(P(=O)(O)O)S(=O)(=O)[O-])CCc1ccc2ccccc2c1.C/C(=C\CCCC(P(=O)(O)O)S(=O)(=O)[O-])CCc1ccc2ccccc2c1.C/C(=C\CCCC(P(=O)(O)O)S(=O)(=O)[O-])CCc1ccc2ccccc2c1.[K+].[K+].[K+]. The van der Waals surface area contributed by atoms with Gasteiger partial charge in [-0.15, -0.1) is 0 Å². The fourth-order valence-electron chi connectivity index (χ4n) is 8.88. The molecule has 0 amide bonds. The Morgan fingerprint density at radius 1 is 0.393 bits per heavy atom. The first-order chi connectivity index (χ1) is 37.7. The molecular formula is C57H72K3O18P3S3. The molecule has 0 bridgehead atoms. The Morgan fingerprint density at radius 3 is 0.810 bits per heavy atom. The van der Waals surface area contributed by atoms with E-state index in [9.17, 15) is 52.6 Å². The van der Waals surface area contributed by atoms with E-state index in [1.807, 2.05) is 75.4 Å². The van der Waals surface area contributed by atoms with Crippen molar-refractivity contribution in [2.45, 2.75) is 132 Å². The maximum absolute atomic E-state index is 11.2. The smallest absolute Gasteiger partial charge is 0.747 e. The summed E-state index contributed by atoms with van der Waals surface area (Å²) in [6.45, 7) is 5.89. The first-order valence-corrected chi connectivity index (χ1v) is 35.6. The van der Waals surface area contributed by atoms with Crippen molar-refractivity contribution < 1.29 is 236 Å². The van der Waals surface area contributed by atoms with E-state index in [-0.39, 0.29) is 193 Å². The van der Waals surface area contributed by atoms with Gasteiger partial charge in [0.2, 0.25) is 0 Å². The van der Waals surface area contributed by atoms with Gasteiger partial charge >= 0.3 is 177 Å². The molecule has 0 spiro atoms. The van der Waals surface area contributed by atoms with Crippen LogP contribution in [0.25, 0.3) is 32.3 Å². The van der Waals surface area contributed by atoms with E-state index in [0.29, 0.717) is 19.3 Å². The minimum absolute atomic E-state index is 0. The molecule has 444 valence electrons. The summed E-state index contributed by atoms with van der Waals surface area (Å²) in [5.74, 6) is 0. The first kappa shape index (κ1) is 82.4. The Hall–Kier alpha value is 0.409. The van der Waals surface area contributed by atoms with Crippen LogP contribution in [0.4, 0.5) is 0 Å². The molecule has 18 nitrogen and oxygen atoms in total.